The number of unbranched alkanes of at least 4 members (excludes halogenated alkanes) is 6. The largest absolute Gasteiger partial charge is 0.469 e. The van der Waals surface area contributed by atoms with E-state index in [1.54, 1.807) is 0 Å². The molecule has 0 amide bonds. The Balaban J connectivity index is 3.22. The zero-order valence-electron chi connectivity index (χ0n) is 12.1. The first-order chi connectivity index (χ1) is 8.70. The maximum Gasteiger partial charge on any atom is 0.305 e. The van der Waals surface area contributed by atoms with Crippen LogP contribution in [0.2, 0.25) is 0 Å². The highest BCUT2D eigenvalue weighted by molar-refractivity contribution is 7.80. The Bertz CT molecular complexity index is 195. The molecule has 0 aromatic rings. The second-order valence-corrected chi connectivity index (χ2v) is 5.76. The highest BCUT2D eigenvalue weighted by Crippen LogP contribution is 2.16. The van der Waals surface area contributed by atoms with Crippen LogP contribution in [-0.4, -0.2) is 18.3 Å². The summed E-state index contributed by atoms with van der Waals surface area (Å²) in [4.78, 5) is 10.9. The summed E-state index contributed by atoms with van der Waals surface area (Å²) in [5.74, 6) is -0.0957. The molecule has 18 heavy (non-hydrogen) atoms. The second kappa shape index (κ2) is 13.3. The summed E-state index contributed by atoms with van der Waals surface area (Å²) >= 11 is 4.60. The number of hydrogen-bond acceptors (Lipinski definition) is 3. The molecule has 0 saturated carbocycles. The summed E-state index contributed by atoms with van der Waals surface area (Å²) in [5, 5.41) is 0.508. The predicted molar refractivity (Wildman–Crippen MR) is 81.3 cm³/mol. The van der Waals surface area contributed by atoms with Crippen molar-refractivity contribution in [2.45, 2.75) is 82.8 Å². The molecule has 0 aliphatic heterocycles. The highest BCUT2D eigenvalue weighted by atomic mass is 32.1. The first-order valence-electron chi connectivity index (χ1n) is 7.45. The van der Waals surface area contributed by atoms with Gasteiger partial charge in [0, 0.05) is 11.7 Å². The third kappa shape index (κ3) is 12.3. The van der Waals surface area contributed by atoms with Gasteiger partial charge in [-0.15, -0.1) is 0 Å². The van der Waals surface area contributed by atoms with Crippen LogP contribution in [0.1, 0.15) is 77.6 Å². The van der Waals surface area contributed by atoms with Crippen molar-refractivity contribution in [2.24, 2.45) is 0 Å². The molecule has 0 saturated heterocycles. The number of methoxy groups -OCH3 is 1. The van der Waals surface area contributed by atoms with E-state index in [0.717, 1.165) is 19.3 Å². The van der Waals surface area contributed by atoms with Crippen molar-refractivity contribution in [3.8, 4) is 0 Å². The lowest BCUT2D eigenvalue weighted by atomic mass is 10.0. The Labute approximate surface area is 118 Å². The van der Waals surface area contributed by atoms with Crippen LogP contribution in [0.5, 0.6) is 0 Å². The number of ether oxygens (including phenoxy) is 1. The lowest BCUT2D eigenvalue weighted by Gasteiger charge is -2.10. The van der Waals surface area contributed by atoms with Gasteiger partial charge in [-0.2, -0.15) is 12.6 Å². The topological polar surface area (TPSA) is 26.3 Å². The van der Waals surface area contributed by atoms with Gasteiger partial charge in [-0.25, -0.2) is 0 Å². The summed E-state index contributed by atoms with van der Waals surface area (Å²) in [6.07, 6.45) is 13.0. The number of esters is 1. The second-order valence-electron chi connectivity index (χ2n) is 5.03. The zero-order valence-corrected chi connectivity index (χ0v) is 13.0. The fourth-order valence-electron chi connectivity index (χ4n) is 2.06. The van der Waals surface area contributed by atoms with E-state index >= 15 is 0 Å². The van der Waals surface area contributed by atoms with Gasteiger partial charge in [0.15, 0.2) is 0 Å². The van der Waals surface area contributed by atoms with Gasteiger partial charge >= 0.3 is 5.97 Å². The number of rotatable bonds is 12. The minimum atomic E-state index is -0.0957. The van der Waals surface area contributed by atoms with Crippen molar-refractivity contribution in [3.63, 3.8) is 0 Å². The maximum atomic E-state index is 10.9. The van der Waals surface area contributed by atoms with Crippen molar-refractivity contribution < 1.29 is 9.53 Å². The van der Waals surface area contributed by atoms with Crippen LogP contribution < -0.4 is 0 Å². The molecular formula is C15H30O2S. The SMILES string of the molecule is CCCCCCCCC(S)CCCCC(=O)OC. The van der Waals surface area contributed by atoms with E-state index in [9.17, 15) is 4.79 Å². The smallest absolute Gasteiger partial charge is 0.305 e. The molecule has 0 aromatic heterocycles. The molecule has 1 unspecified atom stereocenters. The minimum Gasteiger partial charge on any atom is -0.469 e. The van der Waals surface area contributed by atoms with Gasteiger partial charge in [-0.3, -0.25) is 4.79 Å². The number of carbonyl (C=O) groups is 1. The molecule has 1 atom stereocenters. The molecule has 3 heteroatoms. The zero-order chi connectivity index (χ0) is 13.6. The van der Waals surface area contributed by atoms with E-state index in [0.29, 0.717) is 11.7 Å². The van der Waals surface area contributed by atoms with E-state index in [2.05, 4.69) is 24.3 Å². The third-order valence-corrected chi connectivity index (χ3v) is 3.80. The molecule has 0 fully saturated rings. The van der Waals surface area contributed by atoms with Crippen molar-refractivity contribution >= 4 is 18.6 Å². The molecule has 0 spiro atoms. The lowest BCUT2D eigenvalue weighted by molar-refractivity contribution is -0.140. The van der Waals surface area contributed by atoms with Gasteiger partial charge in [0.25, 0.3) is 0 Å². The molecule has 2 nitrogen and oxygen atoms in total. The molecule has 0 bridgehead atoms. The van der Waals surface area contributed by atoms with E-state index in [4.69, 9.17) is 0 Å². The van der Waals surface area contributed by atoms with Gasteiger partial charge in [0.2, 0.25) is 0 Å². The van der Waals surface area contributed by atoms with Gasteiger partial charge in [-0.05, 0) is 19.3 Å². The molecular weight excluding hydrogens is 244 g/mol. The minimum absolute atomic E-state index is 0.0957. The van der Waals surface area contributed by atoms with Crippen molar-refractivity contribution in [1.29, 1.82) is 0 Å². The Kier molecular flexibility index (Phi) is 13.1. The molecule has 0 aromatic carbocycles. The van der Waals surface area contributed by atoms with Gasteiger partial charge in [0.1, 0.15) is 0 Å². The summed E-state index contributed by atoms with van der Waals surface area (Å²) < 4.78 is 4.61. The molecule has 0 N–H and O–H groups in total. The summed E-state index contributed by atoms with van der Waals surface area (Å²) in [6.45, 7) is 2.25. The van der Waals surface area contributed by atoms with Gasteiger partial charge in [-0.1, -0.05) is 51.9 Å². The quantitative estimate of drug-likeness (QED) is 0.315. The first-order valence-corrected chi connectivity index (χ1v) is 7.97. The standard InChI is InChI=1S/C15H30O2S/c1-3-4-5-6-7-8-11-14(18)12-9-10-13-15(16)17-2/h14,18H,3-13H2,1-2H3. The Morgan fingerprint density at radius 1 is 1.00 bits per heavy atom. The van der Waals surface area contributed by atoms with E-state index in [1.807, 2.05) is 0 Å². The molecule has 0 aliphatic carbocycles. The van der Waals surface area contributed by atoms with Crippen LogP contribution in [0.3, 0.4) is 0 Å². The van der Waals surface area contributed by atoms with E-state index in [-0.39, 0.29) is 5.97 Å². The molecule has 0 rings (SSSR count). The van der Waals surface area contributed by atoms with Crippen LogP contribution >= 0.6 is 12.6 Å². The van der Waals surface area contributed by atoms with Crippen molar-refractivity contribution in [2.75, 3.05) is 7.11 Å². The first kappa shape index (κ1) is 17.8. The van der Waals surface area contributed by atoms with Gasteiger partial charge in [0.05, 0.1) is 7.11 Å². The summed E-state index contributed by atoms with van der Waals surface area (Å²) in [5.41, 5.74) is 0. The highest BCUT2D eigenvalue weighted by Gasteiger charge is 2.04. The Morgan fingerprint density at radius 3 is 2.17 bits per heavy atom. The Morgan fingerprint density at radius 2 is 1.56 bits per heavy atom. The monoisotopic (exact) mass is 274 g/mol. The average molecular weight is 274 g/mol. The molecule has 0 heterocycles. The summed E-state index contributed by atoms with van der Waals surface area (Å²) in [7, 11) is 1.45. The van der Waals surface area contributed by atoms with Gasteiger partial charge < -0.3 is 4.74 Å². The number of thiol groups is 1. The summed E-state index contributed by atoms with van der Waals surface area (Å²) in [6, 6.07) is 0. The van der Waals surface area contributed by atoms with Crippen LogP contribution in [0.15, 0.2) is 0 Å². The fraction of sp³-hybridized carbons (Fsp3) is 0.933. The predicted octanol–water partition coefficient (Wildman–Crippen LogP) is 4.77. The maximum absolute atomic E-state index is 10.9. The average Bonchev–Trinajstić information content (AvgIpc) is 2.38. The van der Waals surface area contributed by atoms with Crippen molar-refractivity contribution in [3.05, 3.63) is 0 Å². The van der Waals surface area contributed by atoms with E-state index < -0.39 is 0 Å². The van der Waals surface area contributed by atoms with E-state index in [1.165, 1.54) is 52.1 Å². The molecule has 108 valence electrons. The molecule has 0 radical (unpaired) electrons. The third-order valence-electron chi connectivity index (χ3n) is 3.29. The number of hydrogen-bond donors (Lipinski definition) is 1. The molecule has 0 aliphatic rings. The van der Waals surface area contributed by atoms with Crippen LogP contribution in [-0.2, 0) is 9.53 Å². The van der Waals surface area contributed by atoms with Crippen molar-refractivity contribution in [1.82, 2.24) is 0 Å². The lowest BCUT2D eigenvalue weighted by Crippen LogP contribution is -2.02. The Hall–Kier alpha value is -0.180. The fourth-order valence-corrected chi connectivity index (χ4v) is 2.42. The normalized spacial score (nSPS) is 12.4. The number of carbonyl (C=O) groups excluding carboxylic acids is 1. The van der Waals surface area contributed by atoms with Crippen LogP contribution in [0, 0.1) is 0 Å². The van der Waals surface area contributed by atoms with Crippen LogP contribution in [0.25, 0.3) is 0 Å². The van der Waals surface area contributed by atoms with Crippen LogP contribution in [0.4, 0.5) is 0 Å².